The van der Waals surface area contributed by atoms with Crippen molar-refractivity contribution in [3.05, 3.63) is 54.1 Å². The molecule has 3 aromatic rings. The van der Waals surface area contributed by atoms with Gasteiger partial charge in [0.25, 0.3) is 0 Å². The van der Waals surface area contributed by atoms with E-state index in [2.05, 4.69) is 15.5 Å². The zero-order valence-corrected chi connectivity index (χ0v) is 15.5. The standard InChI is InChI=1S/C19H20N4O2S/c1-3-23-18(16-10-5-4-7-13(16)2)21-22-19(23)26-12-17(25)20-14-8-6-9-15(24)11-14/h4-11,24H,3,12H2,1-2H3,(H,20,25). The number of nitrogens with zero attached hydrogens (tertiary/aromatic N) is 3. The van der Waals surface area contributed by atoms with Crippen LogP contribution in [0.25, 0.3) is 11.4 Å². The van der Waals surface area contributed by atoms with Crippen LogP contribution in [0, 0.1) is 6.92 Å². The molecule has 0 aliphatic heterocycles. The fourth-order valence-corrected chi connectivity index (χ4v) is 3.42. The predicted octanol–water partition coefficient (Wildman–Crippen LogP) is 3.71. The minimum absolute atomic E-state index is 0.115. The van der Waals surface area contributed by atoms with Gasteiger partial charge in [-0.2, -0.15) is 0 Å². The van der Waals surface area contributed by atoms with E-state index in [0.29, 0.717) is 17.4 Å². The van der Waals surface area contributed by atoms with Crippen molar-refractivity contribution in [3.63, 3.8) is 0 Å². The first-order valence-electron chi connectivity index (χ1n) is 8.29. The summed E-state index contributed by atoms with van der Waals surface area (Å²) in [6.45, 7) is 4.79. The van der Waals surface area contributed by atoms with Gasteiger partial charge in [0, 0.05) is 23.9 Å². The molecule has 2 N–H and O–H groups in total. The molecule has 6 nitrogen and oxygen atoms in total. The van der Waals surface area contributed by atoms with Gasteiger partial charge in [-0.1, -0.05) is 42.1 Å². The molecule has 134 valence electrons. The second-order valence-corrected chi connectivity index (χ2v) is 6.70. The van der Waals surface area contributed by atoms with Crippen LogP contribution in [0.15, 0.2) is 53.7 Å². The Labute approximate surface area is 156 Å². The number of phenols is 1. The Balaban J connectivity index is 1.71. The van der Waals surface area contributed by atoms with Crippen LogP contribution < -0.4 is 5.32 Å². The van der Waals surface area contributed by atoms with Crippen molar-refractivity contribution in [2.75, 3.05) is 11.1 Å². The van der Waals surface area contributed by atoms with Crippen molar-refractivity contribution >= 4 is 23.4 Å². The number of carbonyl (C=O) groups excluding carboxylic acids is 1. The molecule has 0 aliphatic carbocycles. The molecule has 1 aromatic heterocycles. The normalized spacial score (nSPS) is 10.7. The molecule has 0 bridgehead atoms. The summed E-state index contributed by atoms with van der Waals surface area (Å²) in [6.07, 6.45) is 0. The minimum atomic E-state index is -0.163. The van der Waals surface area contributed by atoms with Gasteiger partial charge in [0.1, 0.15) is 5.75 Å². The van der Waals surface area contributed by atoms with Gasteiger partial charge in [0.05, 0.1) is 5.75 Å². The number of aromatic hydroxyl groups is 1. The van der Waals surface area contributed by atoms with Crippen LogP contribution in [0.1, 0.15) is 12.5 Å². The lowest BCUT2D eigenvalue weighted by atomic mass is 10.1. The number of aromatic nitrogens is 3. The third-order valence-corrected chi connectivity index (χ3v) is 4.85. The maximum Gasteiger partial charge on any atom is 0.234 e. The van der Waals surface area contributed by atoms with Crippen LogP contribution >= 0.6 is 11.8 Å². The third kappa shape index (κ3) is 4.05. The average molecular weight is 368 g/mol. The lowest BCUT2D eigenvalue weighted by molar-refractivity contribution is -0.113. The molecule has 0 saturated heterocycles. The summed E-state index contributed by atoms with van der Waals surface area (Å²) in [4.78, 5) is 12.2. The highest BCUT2D eigenvalue weighted by Gasteiger charge is 2.15. The topological polar surface area (TPSA) is 80.0 Å². The van der Waals surface area contributed by atoms with Crippen LogP contribution in [0.2, 0.25) is 0 Å². The van der Waals surface area contributed by atoms with Crippen molar-refractivity contribution < 1.29 is 9.90 Å². The third-order valence-electron chi connectivity index (χ3n) is 3.88. The van der Waals surface area contributed by atoms with Gasteiger partial charge in [-0.05, 0) is 31.5 Å². The Hall–Kier alpha value is -2.80. The highest BCUT2D eigenvalue weighted by atomic mass is 32.2. The van der Waals surface area contributed by atoms with Gasteiger partial charge in [-0.15, -0.1) is 10.2 Å². The Morgan fingerprint density at radius 2 is 2.00 bits per heavy atom. The number of hydrogen-bond acceptors (Lipinski definition) is 5. The van der Waals surface area contributed by atoms with Crippen molar-refractivity contribution in [1.82, 2.24) is 14.8 Å². The molecule has 0 atom stereocenters. The van der Waals surface area contributed by atoms with E-state index in [-0.39, 0.29) is 17.4 Å². The fourth-order valence-electron chi connectivity index (χ4n) is 2.61. The van der Waals surface area contributed by atoms with Crippen molar-refractivity contribution in [2.24, 2.45) is 0 Å². The molecule has 0 spiro atoms. The number of nitrogens with one attached hydrogen (secondary N) is 1. The zero-order valence-electron chi connectivity index (χ0n) is 14.6. The van der Waals surface area contributed by atoms with Gasteiger partial charge in [0.15, 0.2) is 11.0 Å². The van der Waals surface area contributed by atoms with Crippen LogP contribution in [-0.4, -0.2) is 31.5 Å². The number of hydrogen-bond donors (Lipinski definition) is 2. The number of thioether (sulfide) groups is 1. The quantitative estimate of drug-likeness (QED) is 0.648. The summed E-state index contributed by atoms with van der Waals surface area (Å²) >= 11 is 1.34. The van der Waals surface area contributed by atoms with E-state index in [0.717, 1.165) is 17.0 Å². The van der Waals surface area contributed by atoms with E-state index in [1.165, 1.54) is 17.8 Å². The Morgan fingerprint density at radius 3 is 2.73 bits per heavy atom. The van der Waals surface area contributed by atoms with Gasteiger partial charge in [0.2, 0.25) is 5.91 Å². The predicted molar refractivity (Wildman–Crippen MR) is 103 cm³/mol. The lowest BCUT2D eigenvalue weighted by Gasteiger charge is -2.09. The van der Waals surface area contributed by atoms with Crippen LogP contribution in [0.5, 0.6) is 5.75 Å². The number of aryl methyl sites for hydroxylation is 1. The summed E-state index contributed by atoms with van der Waals surface area (Å²) < 4.78 is 2.01. The maximum atomic E-state index is 12.2. The molecule has 2 aromatic carbocycles. The Bertz CT molecular complexity index is 923. The lowest BCUT2D eigenvalue weighted by Crippen LogP contribution is -2.14. The zero-order chi connectivity index (χ0) is 18.5. The average Bonchev–Trinajstić information content (AvgIpc) is 3.03. The first-order chi connectivity index (χ1) is 12.6. The van der Waals surface area contributed by atoms with Crippen LogP contribution in [0.3, 0.4) is 0 Å². The number of benzene rings is 2. The van der Waals surface area contributed by atoms with E-state index in [1.54, 1.807) is 18.2 Å². The van der Waals surface area contributed by atoms with Crippen LogP contribution in [-0.2, 0) is 11.3 Å². The van der Waals surface area contributed by atoms with E-state index in [4.69, 9.17) is 0 Å². The molecule has 0 aliphatic rings. The second kappa shape index (κ2) is 8.05. The summed E-state index contributed by atoms with van der Waals surface area (Å²) in [7, 11) is 0. The fraction of sp³-hybridized carbons (Fsp3) is 0.211. The molecule has 1 heterocycles. The number of rotatable bonds is 6. The molecule has 7 heteroatoms. The van der Waals surface area contributed by atoms with Gasteiger partial charge in [-0.25, -0.2) is 0 Å². The number of anilines is 1. The molecule has 1 amide bonds. The minimum Gasteiger partial charge on any atom is -0.508 e. The molecule has 0 saturated carbocycles. The largest absolute Gasteiger partial charge is 0.508 e. The number of carbonyl (C=O) groups is 1. The van der Waals surface area contributed by atoms with Crippen LogP contribution in [0.4, 0.5) is 5.69 Å². The second-order valence-electron chi connectivity index (χ2n) is 5.75. The van der Waals surface area contributed by atoms with Crippen molar-refractivity contribution in [1.29, 1.82) is 0 Å². The highest BCUT2D eigenvalue weighted by Crippen LogP contribution is 2.26. The SMILES string of the molecule is CCn1c(SCC(=O)Nc2cccc(O)c2)nnc1-c1ccccc1C. The summed E-state index contributed by atoms with van der Waals surface area (Å²) in [5, 5.41) is 21.5. The van der Waals surface area contributed by atoms with Crippen molar-refractivity contribution in [2.45, 2.75) is 25.5 Å². The van der Waals surface area contributed by atoms with E-state index in [9.17, 15) is 9.90 Å². The number of phenolic OH excluding ortho intramolecular Hbond substituents is 1. The molecule has 3 rings (SSSR count). The molecule has 0 fully saturated rings. The van der Waals surface area contributed by atoms with Crippen molar-refractivity contribution in [3.8, 4) is 17.1 Å². The van der Waals surface area contributed by atoms with Gasteiger partial charge < -0.3 is 15.0 Å². The Kier molecular flexibility index (Phi) is 5.58. The molecular formula is C19H20N4O2S. The monoisotopic (exact) mass is 368 g/mol. The molecule has 0 radical (unpaired) electrons. The smallest absolute Gasteiger partial charge is 0.234 e. The summed E-state index contributed by atoms with van der Waals surface area (Å²) in [6, 6.07) is 14.5. The Morgan fingerprint density at radius 1 is 1.19 bits per heavy atom. The summed E-state index contributed by atoms with van der Waals surface area (Å²) in [5.41, 5.74) is 2.74. The van der Waals surface area contributed by atoms with E-state index >= 15 is 0 Å². The van der Waals surface area contributed by atoms with E-state index in [1.807, 2.05) is 42.7 Å². The molecular weight excluding hydrogens is 348 g/mol. The number of amides is 1. The molecule has 26 heavy (non-hydrogen) atoms. The first kappa shape index (κ1) is 18.0. The molecule has 0 unspecified atom stereocenters. The first-order valence-corrected chi connectivity index (χ1v) is 9.28. The highest BCUT2D eigenvalue weighted by molar-refractivity contribution is 7.99. The van der Waals surface area contributed by atoms with E-state index < -0.39 is 0 Å². The van der Waals surface area contributed by atoms with Gasteiger partial charge in [-0.3, -0.25) is 4.79 Å². The maximum absolute atomic E-state index is 12.2. The van der Waals surface area contributed by atoms with Gasteiger partial charge >= 0.3 is 0 Å². The summed E-state index contributed by atoms with van der Waals surface area (Å²) in [5.74, 6) is 0.968.